The second kappa shape index (κ2) is 6.78. The molecule has 2 aromatic heterocycles. The Bertz CT molecular complexity index is 679. The van der Waals surface area contributed by atoms with Gasteiger partial charge >= 0.3 is 0 Å². The van der Waals surface area contributed by atoms with Crippen LogP contribution in [0.1, 0.15) is 16.1 Å². The summed E-state index contributed by atoms with van der Waals surface area (Å²) in [7, 11) is 3.64. The second-order valence-electron chi connectivity index (χ2n) is 5.68. The van der Waals surface area contributed by atoms with Crippen molar-refractivity contribution in [1.82, 2.24) is 19.7 Å². The minimum Gasteiger partial charge on any atom is -0.378 e. The Kier molecular flexibility index (Phi) is 4.57. The van der Waals surface area contributed by atoms with E-state index in [2.05, 4.69) is 15.0 Å². The molecule has 3 heterocycles. The van der Waals surface area contributed by atoms with Crippen LogP contribution in [0.5, 0.6) is 0 Å². The maximum Gasteiger partial charge on any atom is 0.272 e. The highest BCUT2D eigenvalue weighted by Crippen LogP contribution is 2.17. The van der Waals surface area contributed by atoms with Crippen LogP contribution in [-0.4, -0.2) is 58.9 Å². The van der Waals surface area contributed by atoms with Crippen molar-refractivity contribution in [2.45, 2.75) is 6.54 Å². The lowest BCUT2D eigenvalue weighted by Crippen LogP contribution is -2.36. The van der Waals surface area contributed by atoms with Crippen LogP contribution in [0.2, 0.25) is 0 Å². The van der Waals surface area contributed by atoms with E-state index in [0.717, 1.165) is 24.3 Å². The quantitative estimate of drug-likeness (QED) is 0.840. The zero-order valence-electron chi connectivity index (χ0n) is 13.5. The van der Waals surface area contributed by atoms with E-state index in [0.29, 0.717) is 25.5 Å². The Morgan fingerprint density at radius 3 is 2.87 bits per heavy atom. The number of anilines is 1. The maximum atomic E-state index is 12.6. The Morgan fingerprint density at radius 1 is 1.39 bits per heavy atom. The molecule has 0 aliphatic carbocycles. The molecule has 1 saturated heterocycles. The molecule has 1 amide bonds. The predicted molar refractivity (Wildman–Crippen MR) is 86.3 cm³/mol. The first kappa shape index (κ1) is 15.5. The summed E-state index contributed by atoms with van der Waals surface area (Å²) in [6.45, 7) is 3.61. The molecule has 122 valence electrons. The van der Waals surface area contributed by atoms with Crippen molar-refractivity contribution < 1.29 is 9.53 Å². The fourth-order valence-electron chi connectivity index (χ4n) is 2.65. The molecule has 0 atom stereocenters. The van der Waals surface area contributed by atoms with Gasteiger partial charge in [-0.2, -0.15) is 5.10 Å². The van der Waals surface area contributed by atoms with Crippen LogP contribution in [0.3, 0.4) is 0 Å². The van der Waals surface area contributed by atoms with Crippen molar-refractivity contribution in [3.05, 3.63) is 42.0 Å². The number of aromatic nitrogens is 3. The van der Waals surface area contributed by atoms with Gasteiger partial charge in [0.05, 0.1) is 19.4 Å². The van der Waals surface area contributed by atoms with Crippen LogP contribution in [0, 0.1) is 0 Å². The van der Waals surface area contributed by atoms with Crippen LogP contribution >= 0.6 is 0 Å². The molecule has 23 heavy (non-hydrogen) atoms. The number of rotatable bonds is 4. The smallest absolute Gasteiger partial charge is 0.272 e. The SMILES string of the molecule is CN(Cc1cnn(C)c1)C(=O)c1cc(N2CCOCC2)ccn1. The van der Waals surface area contributed by atoms with E-state index in [-0.39, 0.29) is 5.91 Å². The van der Waals surface area contributed by atoms with Crippen LogP contribution in [-0.2, 0) is 18.3 Å². The van der Waals surface area contributed by atoms with E-state index in [1.165, 1.54) is 0 Å². The third-order valence-electron chi connectivity index (χ3n) is 3.86. The van der Waals surface area contributed by atoms with Crippen molar-refractivity contribution in [2.75, 3.05) is 38.3 Å². The van der Waals surface area contributed by atoms with E-state index in [9.17, 15) is 4.79 Å². The third-order valence-corrected chi connectivity index (χ3v) is 3.86. The highest BCUT2D eigenvalue weighted by atomic mass is 16.5. The standard InChI is InChI=1S/C16H21N5O2/c1-19(11-13-10-18-20(2)12-13)16(22)15-9-14(3-4-17-15)21-5-7-23-8-6-21/h3-4,9-10,12H,5-8,11H2,1-2H3. The number of ether oxygens (including phenoxy) is 1. The Hall–Kier alpha value is -2.41. The molecule has 1 aliphatic rings. The summed E-state index contributed by atoms with van der Waals surface area (Å²) in [6, 6.07) is 3.79. The van der Waals surface area contributed by atoms with Gasteiger partial charge in [-0.1, -0.05) is 0 Å². The van der Waals surface area contributed by atoms with Crippen LogP contribution in [0.15, 0.2) is 30.7 Å². The van der Waals surface area contributed by atoms with E-state index < -0.39 is 0 Å². The van der Waals surface area contributed by atoms with Gasteiger partial charge in [0.2, 0.25) is 0 Å². The van der Waals surface area contributed by atoms with Gasteiger partial charge in [-0.15, -0.1) is 0 Å². The Balaban J connectivity index is 1.71. The van der Waals surface area contributed by atoms with E-state index in [4.69, 9.17) is 4.74 Å². The maximum absolute atomic E-state index is 12.6. The van der Waals surface area contributed by atoms with Crippen molar-refractivity contribution in [3.63, 3.8) is 0 Å². The lowest BCUT2D eigenvalue weighted by molar-refractivity contribution is 0.0779. The van der Waals surface area contributed by atoms with Gasteiger partial charge in [-0.25, -0.2) is 0 Å². The summed E-state index contributed by atoms with van der Waals surface area (Å²) in [6.07, 6.45) is 5.36. The number of nitrogens with zero attached hydrogens (tertiary/aromatic N) is 5. The van der Waals surface area contributed by atoms with Crippen molar-refractivity contribution >= 4 is 11.6 Å². The van der Waals surface area contributed by atoms with Gasteiger partial charge in [0, 0.05) is 57.4 Å². The van der Waals surface area contributed by atoms with Crippen molar-refractivity contribution in [1.29, 1.82) is 0 Å². The van der Waals surface area contributed by atoms with Crippen molar-refractivity contribution in [3.8, 4) is 0 Å². The minimum atomic E-state index is -0.0936. The average molecular weight is 315 g/mol. The van der Waals surface area contributed by atoms with Gasteiger partial charge in [0.1, 0.15) is 5.69 Å². The topological polar surface area (TPSA) is 63.5 Å². The summed E-state index contributed by atoms with van der Waals surface area (Å²) >= 11 is 0. The molecule has 0 radical (unpaired) electrons. The summed E-state index contributed by atoms with van der Waals surface area (Å²) in [5, 5.41) is 4.12. The van der Waals surface area contributed by atoms with Crippen molar-refractivity contribution in [2.24, 2.45) is 7.05 Å². The number of pyridine rings is 1. The van der Waals surface area contributed by atoms with Crippen LogP contribution < -0.4 is 4.90 Å². The largest absolute Gasteiger partial charge is 0.378 e. The number of morpholine rings is 1. The fourth-order valence-corrected chi connectivity index (χ4v) is 2.65. The number of carbonyl (C=O) groups excluding carboxylic acids is 1. The molecule has 1 aliphatic heterocycles. The second-order valence-corrected chi connectivity index (χ2v) is 5.68. The lowest BCUT2D eigenvalue weighted by atomic mass is 10.2. The minimum absolute atomic E-state index is 0.0936. The molecule has 3 rings (SSSR count). The Labute approximate surface area is 135 Å². The zero-order chi connectivity index (χ0) is 16.2. The summed E-state index contributed by atoms with van der Waals surface area (Å²) in [5.41, 5.74) is 2.47. The number of hydrogen-bond donors (Lipinski definition) is 0. The van der Waals surface area contributed by atoms with Gasteiger partial charge in [0.25, 0.3) is 5.91 Å². The molecule has 7 nitrogen and oxygen atoms in total. The van der Waals surface area contributed by atoms with Gasteiger partial charge in [-0.3, -0.25) is 14.5 Å². The third kappa shape index (κ3) is 3.68. The molecule has 0 N–H and O–H groups in total. The van der Waals surface area contributed by atoms with Gasteiger partial charge in [0.15, 0.2) is 0 Å². The molecule has 0 saturated carbocycles. The lowest BCUT2D eigenvalue weighted by Gasteiger charge is -2.29. The molecular weight excluding hydrogens is 294 g/mol. The number of hydrogen-bond acceptors (Lipinski definition) is 5. The molecule has 0 unspecified atom stereocenters. The summed E-state index contributed by atoms with van der Waals surface area (Å²) < 4.78 is 7.09. The number of amides is 1. The number of carbonyl (C=O) groups is 1. The molecule has 0 aromatic carbocycles. The molecule has 2 aromatic rings. The van der Waals surface area contributed by atoms with Gasteiger partial charge in [-0.05, 0) is 12.1 Å². The first-order chi connectivity index (χ1) is 11.1. The first-order valence-corrected chi connectivity index (χ1v) is 7.65. The molecule has 0 bridgehead atoms. The van der Waals surface area contributed by atoms with Crippen LogP contribution in [0.25, 0.3) is 0 Å². The van der Waals surface area contributed by atoms with Crippen LogP contribution in [0.4, 0.5) is 5.69 Å². The zero-order valence-corrected chi connectivity index (χ0v) is 13.5. The fraction of sp³-hybridized carbons (Fsp3) is 0.438. The summed E-state index contributed by atoms with van der Waals surface area (Å²) in [5.74, 6) is -0.0936. The predicted octanol–water partition coefficient (Wildman–Crippen LogP) is 0.924. The first-order valence-electron chi connectivity index (χ1n) is 7.65. The highest BCUT2D eigenvalue weighted by Gasteiger charge is 2.17. The monoisotopic (exact) mass is 315 g/mol. The van der Waals surface area contributed by atoms with E-state index in [1.54, 1.807) is 29.0 Å². The molecule has 0 spiro atoms. The van der Waals surface area contributed by atoms with Gasteiger partial charge < -0.3 is 14.5 Å². The Morgan fingerprint density at radius 2 is 2.17 bits per heavy atom. The molecular formula is C16H21N5O2. The van der Waals surface area contributed by atoms with E-state index in [1.807, 2.05) is 25.4 Å². The molecule has 1 fully saturated rings. The molecule has 7 heteroatoms. The van der Waals surface area contributed by atoms with E-state index >= 15 is 0 Å². The summed E-state index contributed by atoms with van der Waals surface area (Å²) in [4.78, 5) is 20.7. The number of aryl methyl sites for hydroxylation is 1. The highest BCUT2D eigenvalue weighted by molar-refractivity contribution is 5.93. The normalized spacial score (nSPS) is 14.8. The average Bonchev–Trinajstić information content (AvgIpc) is 3.00.